The molecule has 0 radical (unpaired) electrons. The zero-order valence-corrected chi connectivity index (χ0v) is 17.0. The molecular weight excluding hydrogens is 408 g/mol. The van der Waals surface area contributed by atoms with E-state index in [1.165, 1.54) is 12.1 Å². The van der Waals surface area contributed by atoms with Crippen molar-refractivity contribution < 1.29 is 22.4 Å². The van der Waals surface area contributed by atoms with Crippen molar-refractivity contribution in [2.75, 3.05) is 16.7 Å². The Morgan fingerprint density at radius 1 is 0.967 bits per heavy atom. The predicted molar refractivity (Wildman–Crippen MR) is 109 cm³/mol. The Hall–Kier alpha value is -3.66. The molecule has 0 spiro atoms. The molecule has 0 atom stereocenters. The van der Waals surface area contributed by atoms with E-state index < -0.39 is 10.0 Å². The standard InChI is InChI=1S/C20H18N4O5S/c1-12-13(2)29-20(22-12)23-30(27,28)15-9-7-14(8-10-15)21-11-24-18(25)16-5-3-4-6-17(16)19(24)26/h3-10,21H,11H2,1-2H3,(H,22,23). The molecule has 2 N–H and O–H groups in total. The van der Waals surface area contributed by atoms with Gasteiger partial charge in [0, 0.05) is 5.69 Å². The van der Waals surface area contributed by atoms with E-state index in [1.54, 1.807) is 50.2 Å². The van der Waals surface area contributed by atoms with Gasteiger partial charge in [-0.2, -0.15) is 4.98 Å². The second-order valence-corrected chi connectivity index (χ2v) is 8.39. The second kappa shape index (κ2) is 7.30. The molecule has 0 unspecified atom stereocenters. The van der Waals surface area contributed by atoms with Gasteiger partial charge in [0.2, 0.25) is 0 Å². The van der Waals surface area contributed by atoms with Gasteiger partial charge in [0.15, 0.2) is 0 Å². The van der Waals surface area contributed by atoms with E-state index >= 15 is 0 Å². The minimum absolute atomic E-state index is 0.0160. The Morgan fingerprint density at radius 3 is 2.10 bits per heavy atom. The van der Waals surface area contributed by atoms with Gasteiger partial charge in [0.25, 0.3) is 21.8 Å². The maximum atomic E-state index is 12.5. The first-order chi connectivity index (χ1) is 14.3. The summed E-state index contributed by atoms with van der Waals surface area (Å²) in [7, 11) is -3.87. The Labute approximate surface area is 172 Å². The maximum absolute atomic E-state index is 12.5. The minimum Gasteiger partial charge on any atom is -0.428 e. The number of hydrogen-bond donors (Lipinski definition) is 2. The lowest BCUT2D eigenvalue weighted by Gasteiger charge is -2.16. The number of oxazole rings is 1. The van der Waals surface area contributed by atoms with E-state index in [4.69, 9.17) is 4.42 Å². The van der Waals surface area contributed by atoms with E-state index in [1.807, 2.05) is 0 Å². The SMILES string of the molecule is Cc1nc(NS(=O)(=O)c2ccc(NCN3C(=O)c4ccccc4C3=O)cc2)oc1C. The number of fused-ring (bicyclic) bond motifs is 1. The largest absolute Gasteiger partial charge is 0.428 e. The van der Waals surface area contributed by atoms with E-state index in [0.29, 0.717) is 28.3 Å². The molecule has 2 aromatic carbocycles. The monoisotopic (exact) mass is 426 g/mol. The molecule has 154 valence electrons. The van der Waals surface area contributed by atoms with Crippen molar-refractivity contribution >= 4 is 33.5 Å². The molecular formula is C20H18N4O5S. The summed E-state index contributed by atoms with van der Waals surface area (Å²) in [5, 5.41) is 2.96. The molecule has 30 heavy (non-hydrogen) atoms. The number of sulfonamides is 1. The first kappa shape index (κ1) is 19.6. The number of imide groups is 1. The summed E-state index contributed by atoms with van der Waals surface area (Å²) in [6.45, 7) is 3.37. The van der Waals surface area contributed by atoms with Crippen LogP contribution in [0.3, 0.4) is 0 Å². The number of aromatic nitrogens is 1. The lowest BCUT2D eigenvalue weighted by Crippen LogP contribution is -2.34. The highest BCUT2D eigenvalue weighted by Crippen LogP contribution is 2.23. The molecule has 0 aliphatic carbocycles. The fourth-order valence-electron chi connectivity index (χ4n) is 3.00. The minimum atomic E-state index is -3.87. The third kappa shape index (κ3) is 3.52. The quantitative estimate of drug-likeness (QED) is 0.581. The number of rotatable bonds is 6. The van der Waals surface area contributed by atoms with E-state index in [2.05, 4.69) is 15.0 Å². The van der Waals surface area contributed by atoms with Crippen LogP contribution in [-0.4, -0.2) is 36.8 Å². The zero-order valence-electron chi connectivity index (χ0n) is 16.2. The van der Waals surface area contributed by atoms with Gasteiger partial charge < -0.3 is 9.73 Å². The number of carbonyl (C=O) groups excluding carboxylic acids is 2. The van der Waals surface area contributed by atoms with Crippen molar-refractivity contribution in [1.29, 1.82) is 0 Å². The molecule has 10 heteroatoms. The third-order valence-electron chi connectivity index (χ3n) is 4.73. The third-order valence-corrected chi connectivity index (χ3v) is 6.07. The summed E-state index contributed by atoms with van der Waals surface area (Å²) in [6.07, 6.45) is 0. The number of anilines is 2. The van der Waals surface area contributed by atoms with Gasteiger partial charge in [-0.1, -0.05) is 12.1 Å². The average molecular weight is 426 g/mol. The Morgan fingerprint density at radius 2 is 1.57 bits per heavy atom. The molecule has 2 amide bonds. The van der Waals surface area contributed by atoms with E-state index in [9.17, 15) is 18.0 Å². The van der Waals surface area contributed by atoms with E-state index in [0.717, 1.165) is 4.90 Å². The fourth-order valence-corrected chi connectivity index (χ4v) is 3.92. The summed E-state index contributed by atoms with van der Waals surface area (Å²) in [4.78, 5) is 29.9. The first-order valence-electron chi connectivity index (χ1n) is 9.02. The van der Waals surface area contributed by atoms with Crippen molar-refractivity contribution in [3.8, 4) is 0 Å². The molecule has 0 saturated carbocycles. The lowest BCUT2D eigenvalue weighted by molar-refractivity contribution is 0.0665. The van der Waals surface area contributed by atoms with Crippen LogP contribution in [0.1, 0.15) is 32.2 Å². The highest BCUT2D eigenvalue weighted by molar-refractivity contribution is 7.92. The van der Waals surface area contributed by atoms with Crippen molar-refractivity contribution in [2.24, 2.45) is 0 Å². The number of amides is 2. The van der Waals surface area contributed by atoms with Gasteiger partial charge in [-0.3, -0.25) is 14.5 Å². The van der Waals surface area contributed by atoms with Crippen LogP contribution < -0.4 is 10.0 Å². The average Bonchev–Trinajstić information content (AvgIpc) is 3.16. The van der Waals surface area contributed by atoms with Gasteiger partial charge in [0.1, 0.15) is 5.76 Å². The molecule has 1 aliphatic heterocycles. The highest BCUT2D eigenvalue weighted by atomic mass is 32.2. The van der Waals surface area contributed by atoms with Crippen molar-refractivity contribution in [3.05, 3.63) is 71.1 Å². The fraction of sp³-hybridized carbons (Fsp3) is 0.150. The lowest BCUT2D eigenvalue weighted by atomic mass is 10.1. The summed E-state index contributed by atoms with van der Waals surface area (Å²) < 4.78 is 32.5. The summed E-state index contributed by atoms with van der Waals surface area (Å²) in [6, 6.07) is 12.4. The molecule has 1 aromatic heterocycles. The topological polar surface area (TPSA) is 122 Å². The molecule has 4 rings (SSSR count). The summed E-state index contributed by atoms with van der Waals surface area (Å²) in [5.74, 6) is -0.216. The zero-order chi connectivity index (χ0) is 21.5. The maximum Gasteiger partial charge on any atom is 0.309 e. The normalized spacial score (nSPS) is 13.5. The highest BCUT2D eigenvalue weighted by Gasteiger charge is 2.34. The Kier molecular flexibility index (Phi) is 4.78. The summed E-state index contributed by atoms with van der Waals surface area (Å²) >= 11 is 0. The molecule has 0 fully saturated rings. The van der Waals surface area contributed by atoms with Crippen LogP contribution in [-0.2, 0) is 10.0 Å². The second-order valence-electron chi connectivity index (χ2n) is 6.71. The van der Waals surface area contributed by atoms with Crippen LogP contribution >= 0.6 is 0 Å². The predicted octanol–water partition coefficient (Wildman–Crippen LogP) is 2.76. The number of aryl methyl sites for hydroxylation is 2. The number of nitrogens with one attached hydrogen (secondary N) is 2. The van der Waals surface area contributed by atoms with Crippen LogP contribution in [0.15, 0.2) is 57.8 Å². The van der Waals surface area contributed by atoms with Crippen LogP contribution in [0.25, 0.3) is 0 Å². The van der Waals surface area contributed by atoms with Crippen LogP contribution in [0, 0.1) is 13.8 Å². The Balaban J connectivity index is 1.43. The molecule has 3 aromatic rings. The smallest absolute Gasteiger partial charge is 0.309 e. The number of carbonyl (C=O) groups is 2. The molecule has 0 saturated heterocycles. The first-order valence-corrected chi connectivity index (χ1v) is 10.5. The van der Waals surface area contributed by atoms with Crippen molar-refractivity contribution in [1.82, 2.24) is 9.88 Å². The molecule has 2 heterocycles. The number of hydrogen-bond acceptors (Lipinski definition) is 7. The molecule has 1 aliphatic rings. The van der Waals surface area contributed by atoms with Crippen LogP contribution in [0.5, 0.6) is 0 Å². The number of benzene rings is 2. The van der Waals surface area contributed by atoms with Crippen LogP contribution in [0.4, 0.5) is 11.7 Å². The summed E-state index contributed by atoms with van der Waals surface area (Å²) in [5.41, 5.74) is 1.89. The molecule has 0 bridgehead atoms. The number of nitrogens with zero attached hydrogens (tertiary/aromatic N) is 2. The van der Waals surface area contributed by atoms with Crippen LogP contribution in [0.2, 0.25) is 0 Å². The van der Waals surface area contributed by atoms with Gasteiger partial charge in [-0.15, -0.1) is 0 Å². The van der Waals surface area contributed by atoms with Gasteiger partial charge in [-0.25, -0.2) is 13.1 Å². The molecule has 9 nitrogen and oxygen atoms in total. The van der Waals surface area contributed by atoms with Gasteiger partial charge >= 0.3 is 6.01 Å². The van der Waals surface area contributed by atoms with Gasteiger partial charge in [0.05, 0.1) is 28.4 Å². The van der Waals surface area contributed by atoms with Crippen molar-refractivity contribution in [3.63, 3.8) is 0 Å². The van der Waals surface area contributed by atoms with Gasteiger partial charge in [-0.05, 0) is 50.2 Å². The Bertz CT molecular complexity index is 1190. The van der Waals surface area contributed by atoms with Crippen molar-refractivity contribution in [2.45, 2.75) is 18.7 Å². The van der Waals surface area contributed by atoms with E-state index in [-0.39, 0.29) is 29.4 Å².